The molecule has 5 heteroatoms. The van der Waals surface area contributed by atoms with Crippen molar-refractivity contribution in [1.29, 1.82) is 0 Å². The van der Waals surface area contributed by atoms with Gasteiger partial charge in [-0.05, 0) is 12.3 Å². The lowest BCUT2D eigenvalue weighted by Gasteiger charge is -2.31. The van der Waals surface area contributed by atoms with Crippen LogP contribution in [0.2, 0.25) is 0 Å². The third kappa shape index (κ3) is 4.34. The summed E-state index contributed by atoms with van der Waals surface area (Å²) in [6.45, 7) is 5.44. The largest absolute Gasteiger partial charge is 0.467 e. The Labute approximate surface area is 102 Å². The van der Waals surface area contributed by atoms with Crippen molar-refractivity contribution in [3.8, 4) is 0 Å². The van der Waals surface area contributed by atoms with Crippen molar-refractivity contribution in [3.63, 3.8) is 0 Å². The Hall–Kier alpha value is -1.10. The Morgan fingerprint density at radius 2 is 2.18 bits per heavy atom. The van der Waals surface area contributed by atoms with E-state index in [1.165, 1.54) is 7.11 Å². The van der Waals surface area contributed by atoms with E-state index >= 15 is 0 Å². The predicted molar refractivity (Wildman–Crippen MR) is 62.4 cm³/mol. The summed E-state index contributed by atoms with van der Waals surface area (Å²) < 4.78 is 9.88. The zero-order valence-electron chi connectivity index (χ0n) is 10.8. The first kappa shape index (κ1) is 14.0. The molecule has 1 rings (SSSR count). The lowest BCUT2D eigenvalue weighted by atomic mass is 10.1. The number of hydrogen-bond donors (Lipinski definition) is 0. The molecule has 0 aromatic rings. The molecule has 1 atom stereocenters. The van der Waals surface area contributed by atoms with Crippen LogP contribution in [-0.4, -0.2) is 49.7 Å². The molecule has 1 saturated heterocycles. The average Bonchev–Trinajstić information content (AvgIpc) is 2.35. The molecule has 1 aliphatic rings. The maximum Gasteiger partial charge on any atom is 0.336 e. The molecule has 0 aromatic heterocycles. The van der Waals surface area contributed by atoms with Crippen LogP contribution in [0, 0.1) is 5.92 Å². The number of ether oxygens (including phenoxy) is 2. The van der Waals surface area contributed by atoms with Crippen molar-refractivity contribution in [2.75, 3.05) is 26.8 Å². The van der Waals surface area contributed by atoms with E-state index in [9.17, 15) is 9.59 Å². The van der Waals surface area contributed by atoms with E-state index < -0.39 is 12.1 Å². The maximum atomic E-state index is 11.9. The summed E-state index contributed by atoms with van der Waals surface area (Å²) in [6, 6.07) is 0. The summed E-state index contributed by atoms with van der Waals surface area (Å²) in [6.07, 6.45) is 0.779. The number of rotatable bonds is 4. The number of methoxy groups -OCH3 is 1. The van der Waals surface area contributed by atoms with Crippen molar-refractivity contribution >= 4 is 11.9 Å². The van der Waals surface area contributed by atoms with Gasteiger partial charge in [0.1, 0.15) is 0 Å². The average molecular weight is 243 g/mol. The van der Waals surface area contributed by atoms with Gasteiger partial charge in [0.15, 0.2) is 6.10 Å². The van der Waals surface area contributed by atoms with Crippen molar-refractivity contribution < 1.29 is 19.1 Å². The summed E-state index contributed by atoms with van der Waals surface area (Å²) >= 11 is 0. The smallest absolute Gasteiger partial charge is 0.336 e. The van der Waals surface area contributed by atoms with Gasteiger partial charge in [-0.3, -0.25) is 4.79 Å². The number of morpholine rings is 1. The Morgan fingerprint density at radius 1 is 1.47 bits per heavy atom. The van der Waals surface area contributed by atoms with E-state index in [4.69, 9.17) is 4.74 Å². The number of esters is 1. The van der Waals surface area contributed by atoms with Crippen LogP contribution in [0.5, 0.6) is 0 Å². The summed E-state index contributed by atoms with van der Waals surface area (Å²) in [5, 5.41) is 0. The van der Waals surface area contributed by atoms with E-state index in [1.54, 1.807) is 4.90 Å². The highest BCUT2D eigenvalue weighted by molar-refractivity contribution is 5.79. The lowest BCUT2D eigenvalue weighted by molar-refractivity contribution is -0.162. The SMILES string of the molecule is COC(=O)C1CN(C(=O)CCC(C)C)CCO1. The van der Waals surface area contributed by atoms with Crippen LogP contribution in [0.25, 0.3) is 0 Å². The second-order valence-electron chi connectivity index (χ2n) is 4.65. The van der Waals surface area contributed by atoms with Crippen LogP contribution in [0.1, 0.15) is 26.7 Å². The van der Waals surface area contributed by atoms with Crippen LogP contribution < -0.4 is 0 Å². The van der Waals surface area contributed by atoms with E-state index in [0.29, 0.717) is 32.0 Å². The Morgan fingerprint density at radius 3 is 2.76 bits per heavy atom. The van der Waals surface area contributed by atoms with E-state index in [-0.39, 0.29) is 5.91 Å². The fraction of sp³-hybridized carbons (Fsp3) is 0.833. The number of amides is 1. The topological polar surface area (TPSA) is 55.8 Å². The minimum absolute atomic E-state index is 0.0934. The molecule has 0 saturated carbocycles. The molecular formula is C12H21NO4. The Bertz CT molecular complexity index is 278. The van der Waals surface area contributed by atoms with Crippen LogP contribution in [0.15, 0.2) is 0 Å². The Balaban J connectivity index is 2.43. The molecule has 17 heavy (non-hydrogen) atoms. The normalized spacial score (nSPS) is 20.5. The molecule has 1 heterocycles. The molecule has 0 bridgehead atoms. The summed E-state index contributed by atoms with van der Waals surface area (Å²) in [5.74, 6) is 0.193. The molecule has 0 radical (unpaired) electrons. The molecule has 1 fully saturated rings. The van der Waals surface area contributed by atoms with Gasteiger partial charge < -0.3 is 14.4 Å². The summed E-state index contributed by atoms with van der Waals surface area (Å²) in [7, 11) is 1.32. The van der Waals surface area contributed by atoms with Gasteiger partial charge in [0.05, 0.1) is 20.3 Å². The molecule has 98 valence electrons. The molecule has 0 spiro atoms. The van der Waals surface area contributed by atoms with Gasteiger partial charge in [0, 0.05) is 13.0 Å². The van der Waals surface area contributed by atoms with Crippen LogP contribution in [-0.2, 0) is 19.1 Å². The fourth-order valence-corrected chi connectivity index (χ4v) is 1.72. The quantitative estimate of drug-likeness (QED) is 0.686. The second kappa shape index (κ2) is 6.59. The van der Waals surface area contributed by atoms with Crippen molar-refractivity contribution in [2.45, 2.75) is 32.8 Å². The van der Waals surface area contributed by atoms with Crippen molar-refractivity contribution in [1.82, 2.24) is 4.90 Å². The zero-order valence-corrected chi connectivity index (χ0v) is 10.8. The van der Waals surface area contributed by atoms with Crippen LogP contribution >= 0.6 is 0 Å². The molecule has 5 nitrogen and oxygen atoms in total. The van der Waals surface area contributed by atoms with Gasteiger partial charge in [0.2, 0.25) is 5.91 Å². The Kier molecular flexibility index (Phi) is 5.41. The number of nitrogens with zero attached hydrogens (tertiary/aromatic N) is 1. The molecule has 0 N–H and O–H groups in total. The number of carbonyl (C=O) groups excluding carboxylic acids is 2. The third-order valence-electron chi connectivity index (χ3n) is 2.82. The molecule has 1 aliphatic heterocycles. The maximum absolute atomic E-state index is 11.9. The zero-order chi connectivity index (χ0) is 12.8. The van der Waals surface area contributed by atoms with Crippen LogP contribution in [0.3, 0.4) is 0 Å². The standard InChI is InChI=1S/C12H21NO4/c1-9(2)4-5-11(14)13-6-7-17-10(8-13)12(15)16-3/h9-10H,4-8H2,1-3H3. The number of carbonyl (C=O) groups is 2. The highest BCUT2D eigenvalue weighted by Gasteiger charge is 2.29. The van der Waals surface area contributed by atoms with Gasteiger partial charge in [-0.15, -0.1) is 0 Å². The van der Waals surface area contributed by atoms with E-state index in [2.05, 4.69) is 18.6 Å². The van der Waals surface area contributed by atoms with Gasteiger partial charge in [-0.1, -0.05) is 13.8 Å². The lowest BCUT2D eigenvalue weighted by Crippen LogP contribution is -2.48. The van der Waals surface area contributed by atoms with E-state index in [1.807, 2.05) is 0 Å². The fourth-order valence-electron chi connectivity index (χ4n) is 1.72. The van der Waals surface area contributed by atoms with E-state index in [0.717, 1.165) is 6.42 Å². The van der Waals surface area contributed by atoms with Gasteiger partial charge in [-0.2, -0.15) is 0 Å². The van der Waals surface area contributed by atoms with Crippen molar-refractivity contribution in [3.05, 3.63) is 0 Å². The highest BCUT2D eigenvalue weighted by Crippen LogP contribution is 2.11. The second-order valence-corrected chi connectivity index (χ2v) is 4.65. The first-order chi connectivity index (χ1) is 8.04. The van der Waals surface area contributed by atoms with Gasteiger partial charge in [0.25, 0.3) is 0 Å². The molecule has 1 unspecified atom stereocenters. The minimum Gasteiger partial charge on any atom is -0.467 e. The van der Waals surface area contributed by atoms with Gasteiger partial charge in [-0.25, -0.2) is 4.79 Å². The first-order valence-corrected chi connectivity index (χ1v) is 6.01. The van der Waals surface area contributed by atoms with Gasteiger partial charge >= 0.3 is 5.97 Å². The first-order valence-electron chi connectivity index (χ1n) is 6.01. The molecule has 1 amide bonds. The molecule has 0 aliphatic carbocycles. The highest BCUT2D eigenvalue weighted by atomic mass is 16.6. The molecule has 0 aromatic carbocycles. The summed E-state index contributed by atoms with van der Waals surface area (Å²) in [4.78, 5) is 24.9. The monoisotopic (exact) mass is 243 g/mol. The van der Waals surface area contributed by atoms with Crippen LogP contribution in [0.4, 0.5) is 0 Å². The predicted octanol–water partition coefficient (Wildman–Crippen LogP) is 0.823. The third-order valence-corrected chi connectivity index (χ3v) is 2.82. The number of hydrogen-bond acceptors (Lipinski definition) is 4. The molecular weight excluding hydrogens is 222 g/mol. The van der Waals surface area contributed by atoms with Crippen molar-refractivity contribution in [2.24, 2.45) is 5.92 Å². The minimum atomic E-state index is -0.628. The summed E-state index contributed by atoms with van der Waals surface area (Å²) in [5.41, 5.74) is 0.